The molecule has 0 spiro atoms. The number of sulfonamides is 1. The van der Waals surface area contributed by atoms with Gasteiger partial charge in [0.2, 0.25) is 10.0 Å². The van der Waals surface area contributed by atoms with Crippen molar-refractivity contribution in [3.8, 4) is 0 Å². The minimum atomic E-state index is -3.44. The lowest BCUT2D eigenvalue weighted by molar-refractivity contribution is -0.917. The first-order valence-electron chi connectivity index (χ1n) is 10.8. The highest BCUT2D eigenvalue weighted by Gasteiger charge is 2.32. The molecule has 1 aliphatic heterocycles. The number of carbonyl (C=O) groups is 1. The molecule has 1 heterocycles. The maximum Gasteiger partial charge on any atom is 0.278 e. The zero-order chi connectivity index (χ0) is 20.7. The quantitative estimate of drug-likeness (QED) is 0.698. The Morgan fingerprint density at radius 3 is 2.48 bits per heavy atom. The monoisotopic (exact) mass is 420 g/mol. The third-order valence-electron chi connectivity index (χ3n) is 6.25. The van der Waals surface area contributed by atoms with Gasteiger partial charge in [0.25, 0.3) is 5.91 Å². The van der Waals surface area contributed by atoms with Gasteiger partial charge in [-0.05, 0) is 37.3 Å². The molecule has 0 radical (unpaired) electrons. The number of carbonyl (C=O) groups excluding carboxylic acids is 1. The van der Waals surface area contributed by atoms with Crippen LogP contribution >= 0.6 is 0 Å². The Morgan fingerprint density at radius 2 is 1.83 bits per heavy atom. The van der Waals surface area contributed by atoms with Gasteiger partial charge in [-0.15, -0.1) is 0 Å². The third-order valence-corrected chi connectivity index (χ3v) is 7.82. The molecule has 0 bridgehead atoms. The first-order chi connectivity index (χ1) is 14.0. The summed E-state index contributed by atoms with van der Waals surface area (Å²) in [5.41, 5.74) is 0.864. The Morgan fingerprint density at radius 1 is 1.17 bits per heavy atom. The molecule has 7 heteroatoms. The standard InChI is InChI=1S/C22H33N3O3S/c1-19(22(26)23-18-21-10-6-3-7-11-21)24-13-15-25(16-14-24)29(27,28)17-12-20-8-4-2-5-9-20/h2,4-5,8-9,12,17,19,21H,3,6-7,10-11,13-16,18H2,1H3,(H,23,26)/p+1/b17-12+/t19-/m0/s1. The van der Waals surface area contributed by atoms with Crippen LogP contribution < -0.4 is 10.2 Å². The van der Waals surface area contributed by atoms with Crippen molar-refractivity contribution in [3.05, 3.63) is 41.3 Å². The Hall–Kier alpha value is -1.70. The third kappa shape index (κ3) is 6.39. The fraction of sp³-hybridized carbons (Fsp3) is 0.591. The fourth-order valence-electron chi connectivity index (χ4n) is 4.25. The summed E-state index contributed by atoms with van der Waals surface area (Å²) in [5.74, 6) is 0.708. The number of benzene rings is 1. The SMILES string of the molecule is C[C@@H](C(=O)NCC1CCCCC1)[NH+]1CCN(S(=O)(=O)/C=C/c2ccccc2)CC1. The molecule has 1 aromatic carbocycles. The summed E-state index contributed by atoms with van der Waals surface area (Å²) in [6, 6.07) is 9.27. The summed E-state index contributed by atoms with van der Waals surface area (Å²) < 4.78 is 26.7. The van der Waals surface area contributed by atoms with Crippen molar-refractivity contribution in [2.45, 2.75) is 45.1 Å². The average Bonchev–Trinajstić information content (AvgIpc) is 2.77. The van der Waals surface area contributed by atoms with Gasteiger partial charge in [0.1, 0.15) is 0 Å². The Labute approximate surface area is 175 Å². The molecule has 0 unspecified atom stereocenters. The molecular weight excluding hydrogens is 386 g/mol. The molecular formula is C22H34N3O3S+. The van der Waals surface area contributed by atoms with Crippen molar-refractivity contribution in [1.82, 2.24) is 9.62 Å². The topological polar surface area (TPSA) is 70.9 Å². The number of nitrogens with one attached hydrogen (secondary N) is 2. The number of rotatable bonds is 7. The van der Waals surface area contributed by atoms with E-state index in [2.05, 4.69) is 5.32 Å². The fourth-order valence-corrected chi connectivity index (χ4v) is 5.44. The predicted molar refractivity (Wildman–Crippen MR) is 116 cm³/mol. The summed E-state index contributed by atoms with van der Waals surface area (Å²) >= 11 is 0. The van der Waals surface area contributed by atoms with E-state index in [1.165, 1.54) is 41.8 Å². The largest absolute Gasteiger partial charge is 0.351 e. The molecule has 1 amide bonds. The van der Waals surface area contributed by atoms with Crippen LogP contribution in [0.15, 0.2) is 35.7 Å². The van der Waals surface area contributed by atoms with Crippen LogP contribution in [0.5, 0.6) is 0 Å². The second-order valence-electron chi connectivity index (χ2n) is 8.29. The molecule has 29 heavy (non-hydrogen) atoms. The average molecular weight is 421 g/mol. The molecule has 160 valence electrons. The summed E-state index contributed by atoms with van der Waals surface area (Å²) in [4.78, 5) is 13.7. The van der Waals surface area contributed by atoms with E-state index < -0.39 is 10.0 Å². The van der Waals surface area contributed by atoms with Gasteiger partial charge in [-0.1, -0.05) is 49.6 Å². The lowest BCUT2D eigenvalue weighted by Crippen LogP contribution is -3.19. The van der Waals surface area contributed by atoms with Gasteiger partial charge in [0, 0.05) is 12.0 Å². The van der Waals surface area contributed by atoms with Crippen LogP contribution in [0.25, 0.3) is 6.08 Å². The molecule has 0 aromatic heterocycles. The molecule has 1 atom stereocenters. The van der Waals surface area contributed by atoms with E-state index in [9.17, 15) is 13.2 Å². The number of hydrogen-bond donors (Lipinski definition) is 2. The van der Waals surface area contributed by atoms with Gasteiger partial charge < -0.3 is 10.2 Å². The highest BCUT2D eigenvalue weighted by atomic mass is 32.2. The Balaban J connectivity index is 1.46. The van der Waals surface area contributed by atoms with Gasteiger partial charge in [0.05, 0.1) is 26.2 Å². The first-order valence-corrected chi connectivity index (χ1v) is 12.3. The van der Waals surface area contributed by atoms with Gasteiger partial charge in [0.15, 0.2) is 6.04 Å². The lowest BCUT2D eigenvalue weighted by Gasteiger charge is -2.34. The molecule has 1 saturated carbocycles. The van der Waals surface area contributed by atoms with Crippen molar-refractivity contribution in [1.29, 1.82) is 0 Å². The molecule has 3 rings (SSSR count). The summed E-state index contributed by atoms with van der Waals surface area (Å²) in [5, 5.41) is 4.41. The van der Waals surface area contributed by atoms with Crippen LogP contribution in [0.2, 0.25) is 0 Å². The highest BCUT2D eigenvalue weighted by Crippen LogP contribution is 2.22. The Bertz CT molecular complexity index is 781. The van der Waals surface area contributed by atoms with Crippen molar-refractivity contribution in [3.63, 3.8) is 0 Å². The van der Waals surface area contributed by atoms with Crippen molar-refractivity contribution >= 4 is 22.0 Å². The van der Waals surface area contributed by atoms with E-state index in [0.717, 1.165) is 17.0 Å². The van der Waals surface area contributed by atoms with E-state index in [1.807, 2.05) is 37.3 Å². The molecule has 1 saturated heterocycles. The zero-order valence-corrected chi connectivity index (χ0v) is 18.2. The van der Waals surface area contributed by atoms with Crippen molar-refractivity contribution < 1.29 is 18.1 Å². The summed E-state index contributed by atoms with van der Waals surface area (Å²) in [7, 11) is -3.44. The molecule has 6 nitrogen and oxygen atoms in total. The van der Waals surface area contributed by atoms with Crippen LogP contribution in [0, 0.1) is 5.92 Å². The highest BCUT2D eigenvalue weighted by molar-refractivity contribution is 7.92. The van der Waals surface area contributed by atoms with E-state index in [-0.39, 0.29) is 11.9 Å². The smallest absolute Gasteiger partial charge is 0.278 e. The molecule has 2 N–H and O–H groups in total. The van der Waals surface area contributed by atoms with E-state index in [1.54, 1.807) is 6.08 Å². The number of amides is 1. The molecule has 2 aliphatic rings. The predicted octanol–water partition coefficient (Wildman–Crippen LogP) is 1.27. The van der Waals surface area contributed by atoms with E-state index >= 15 is 0 Å². The van der Waals surface area contributed by atoms with Crippen LogP contribution in [0.4, 0.5) is 0 Å². The van der Waals surface area contributed by atoms with Gasteiger partial charge in [-0.25, -0.2) is 8.42 Å². The van der Waals surface area contributed by atoms with Gasteiger partial charge in [-0.3, -0.25) is 4.79 Å². The van der Waals surface area contributed by atoms with Crippen LogP contribution in [-0.2, 0) is 14.8 Å². The normalized spacial score (nSPS) is 21.3. The van der Waals surface area contributed by atoms with Crippen LogP contribution in [0.1, 0.15) is 44.6 Å². The van der Waals surface area contributed by atoms with Crippen molar-refractivity contribution in [2.24, 2.45) is 5.92 Å². The number of nitrogens with zero attached hydrogens (tertiary/aromatic N) is 1. The molecule has 1 aromatic rings. The first kappa shape index (κ1) is 22.0. The maximum atomic E-state index is 12.6. The Kier molecular flexibility index (Phi) is 7.86. The minimum absolute atomic E-state index is 0.0888. The molecule has 1 aliphatic carbocycles. The molecule has 2 fully saturated rings. The van der Waals surface area contributed by atoms with Crippen molar-refractivity contribution in [2.75, 3.05) is 32.7 Å². The second kappa shape index (κ2) is 10.4. The van der Waals surface area contributed by atoms with Gasteiger partial charge >= 0.3 is 0 Å². The summed E-state index contributed by atoms with van der Waals surface area (Å²) in [6.45, 7) is 4.91. The minimum Gasteiger partial charge on any atom is -0.351 e. The lowest BCUT2D eigenvalue weighted by atomic mass is 9.89. The summed E-state index contributed by atoms with van der Waals surface area (Å²) in [6.07, 6.45) is 7.94. The van der Waals surface area contributed by atoms with Crippen LogP contribution in [0.3, 0.4) is 0 Å². The number of quaternary nitrogens is 1. The van der Waals surface area contributed by atoms with Crippen LogP contribution in [-0.4, -0.2) is 57.4 Å². The van der Waals surface area contributed by atoms with E-state index in [0.29, 0.717) is 32.1 Å². The maximum absolute atomic E-state index is 12.6. The zero-order valence-electron chi connectivity index (χ0n) is 17.3. The second-order valence-corrected chi connectivity index (χ2v) is 10.1. The number of piperazine rings is 1. The number of hydrogen-bond acceptors (Lipinski definition) is 3. The van der Waals surface area contributed by atoms with Gasteiger partial charge in [-0.2, -0.15) is 4.31 Å². The van der Waals surface area contributed by atoms with E-state index in [4.69, 9.17) is 0 Å².